The van der Waals surface area contributed by atoms with Gasteiger partial charge in [0.15, 0.2) is 0 Å². The molecule has 1 aliphatic rings. The topological polar surface area (TPSA) is 103 Å². The highest BCUT2D eigenvalue weighted by molar-refractivity contribution is 7.99. The van der Waals surface area contributed by atoms with Gasteiger partial charge >= 0.3 is 0 Å². The van der Waals surface area contributed by atoms with Crippen molar-refractivity contribution in [2.24, 2.45) is 7.05 Å². The number of hydrogen-bond donors (Lipinski definition) is 2. The maximum Gasteiger partial charge on any atom is 0.241 e. The molecule has 0 aliphatic carbocycles. The van der Waals surface area contributed by atoms with Crippen molar-refractivity contribution < 1.29 is 4.79 Å². The van der Waals surface area contributed by atoms with Crippen LogP contribution < -0.4 is 10.6 Å². The Morgan fingerprint density at radius 3 is 3.21 bits per heavy atom. The highest BCUT2D eigenvalue weighted by Gasteiger charge is 2.19. The molecule has 0 bridgehead atoms. The van der Waals surface area contributed by atoms with E-state index >= 15 is 0 Å². The number of nitrogens with zero attached hydrogens (tertiary/aromatic N) is 6. The Labute approximate surface area is 144 Å². The van der Waals surface area contributed by atoms with Gasteiger partial charge in [0.05, 0.1) is 0 Å². The number of thioether (sulfide) groups is 1. The van der Waals surface area contributed by atoms with Crippen LogP contribution in [0.5, 0.6) is 0 Å². The molecule has 2 N–H and O–H groups in total. The van der Waals surface area contributed by atoms with Crippen molar-refractivity contribution in [3.63, 3.8) is 0 Å². The molecule has 9 nitrogen and oxygen atoms in total. The molecule has 1 unspecified atom stereocenters. The number of hydrogen-bond acceptors (Lipinski definition) is 7. The summed E-state index contributed by atoms with van der Waals surface area (Å²) in [5.74, 6) is 1.13. The fraction of sp³-hybridized carbons (Fsp3) is 0.643. The summed E-state index contributed by atoms with van der Waals surface area (Å²) in [6.07, 6.45) is 4.08. The zero-order valence-corrected chi connectivity index (χ0v) is 14.5. The second-order valence-electron chi connectivity index (χ2n) is 5.74. The maximum absolute atomic E-state index is 12.1. The number of carbonyl (C=O) groups excluding carboxylic acids is 1. The summed E-state index contributed by atoms with van der Waals surface area (Å²) < 4.78 is 3.42. The summed E-state index contributed by atoms with van der Waals surface area (Å²) in [7, 11) is 1.79. The Morgan fingerprint density at radius 1 is 1.54 bits per heavy atom. The first-order valence-electron chi connectivity index (χ1n) is 8.08. The normalized spacial score (nSPS) is 17.8. The van der Waals surface area contributed by atoms with Crippen LogP contribution in [0.25, 0.3) is 0 Å². The van der Waals surface area contributed by atoms with Crippen LogP contribution in [0.1, 0.15) is 24.5 Å². The highest BCUT2D eigenvalue weighted by atomic mass is 32.2. The summed E-state index contributed by atoms with van der Waals surface area (Å²) in [5, 5.41) is 22.6. The first kappa shape index (κ1) is 16.9. The highest BCUT2D eigenvalue weighted by Crippen LogP contribution is 2.22. The van der Waals surface area contributed by atoms with Crippen molar-refractivity contribution in [2.75, 3.05) is 25.4 Å². The zero-order valence-electron chi connectivity index (χ0n) is 13.7. The van der Waals surface area contributed by atoms with Gasteiger partial charge in [-0.05, 0) is 35.9 Å². The smallest absolute Gasteiger partial charge is 0.241 e. The van der Waals surface area contributed by atoms with Crippen molar-refractivity contribution in [2.45, 2.75) is 30.5 Å². The molecule has 3 rings (SSSR count). The molecule has 1 amide bonds. The minimum absolute atomic E-state index is 0.0274. The molecule has 1 fully saturated rings. The summed E-state index contributed by atoms with van der Waals surface area (Å²) in [5.41, 5.74) is 1.14. The molecule has 0 saturated carbocycles. The minimum Gasteiger partial charge on any atom is -0.354 e. The van der Waals surface area contributed by atoms with Gasteiger partial charge in [-0.3, -0.25) is 9.48 Å². The quantitative estimate of drug-likeness (QED) is 0.526. The lowest BCUT2D eigenvalue weighted by Crippen LogP contribution is -2.33. The second-order valence-corrected chi connectivity index (χ2v) is 6.80. The van der Waals surface area contributed by atoms with Crippen molar-refractivity contribution >= 4 is 17.7 Å². The van der Waals surface area contributed by atoms with Gasteiger partial charge in [-0.25, -0.2) is 4.68 Å². The molecule has 2 aromatic rings. The molecule has 1 atom stereocenters. The molecule has 130 valence electrons. The third-order valence-corrected chi connectivity index (χ3v) is 5.01. The first-order chi connectivity index (χ1) is 11.7. The van der Waals surface area contributed by atoms with Crippen molar-refractivity contribution in [1.82, 2.24) is 40.6 Å². The lowest BCUT2D eigenvalue weighted by Gasteiger charge is -2.23. The fourth-order valence-electron chi connectivity index (χ4n) is 2.79. The van der Waals surface area contributed by atoms with Crippen LogP contribution in [-0.4, -0.2) is 61.3 Å². The van der Waals surface area contributed by atoms with Gasteiger partial charge < -0.3 is 10.6 Å². The van der Waals surface area contributed by atoms with Gasteiger partial charge in [0.25, 0.3) is 0 Å². The summed E-state index contributed by atoms with van der Waals surface area (Å²) in [6, 6.07) is 2.02. The fourth-order valence-corrected chi connectivity index (χ4v) is 3.50. The Hall–Kier alpha value is -1.94. The van der Waals surface area contributed by atoms with E-state index in [0.717, 1.165) is 42.5 Å². The molecule has 0 aromatic carbocycles. The lowest BCUT2D eigenvalue weighted by atomic mass is 9.96. The molecule has 0 spiro atoms. The van der Waals surface area contributed by atoms with E-state index in [1.807, 2.05) is 10.7 Å². The number of carbonyl (C=O) groups is 1. The molecule has 10 heteroatoms. The van der Waals surface area contributed by atoms with Gasteiger partial charge in [0.2, 0.25) is 11.1 Å². The standard InChI is InChI=1S/C14H22N8OS/c1-21-14(18-19-20-21)24-8-7-16-13(23)10-22-12(4-6-17-22)11-3-2-5-15-9-11/h4,6,11,15H,2-3,5,7-10H2,1H3,(H,16,23). The van der Waals surface area contributed by atoms with Crippen molar-refractivity contribution in [1.29, 1.82) is 0 Å². The number of piperidine rings is 1. The molecule has 24 heavy (non-hydrogen) atoms. The number of tetrazole rings is 1. The van der Waals surface area contributed by atoms with E-state index in [2.05, 4.69) is 31.3 Å². The van der Waals surface area contributed by atoms with Gasteiger partial charge in [0, 0.05) is 43.7 Å². The van der Waals surface area contributed by atoms with Crippen LogP contribution >= 0.6 is 11.8 Å². The summed E-state index contributed by atoms with van der Waals surface area (Å²) >= 11 is 1.51. The summed E-state index contributed by atoms with van der Waals surface area (Å²) in [6.45, 7) is 2.85. The monoisotopic (exact) mass is 350 g/mol. The third-order valence-electron chi connectivity index (χ3n) is 3.99. The van der Waals surface area contributed by atoms with Gasteiger partial charge in [-0.15, -0.1) is 5.10 Å². The van der Waals surface area contributed by atoms with E-state index in [1.54, 1.807) is 17.9 Å². The van der Waals surface area contributed by atoms with E-state index in [4.69, 9.17) is 0 Å². The molecule has 1 aliphatic heterocycles. The second kappa shape index (κ2) is 8.25. The lowest BCUT2D eigenvalue weighted by molar-refractivity contribution is -0.121. The van der Waals surface area contributed by atoms with Crippen molar-refractivity contribution in [3.8, 4) is 0 Å². The van der Waals surface area contributed by atoms with Crippen molar-refractivity contribution in [3.05, 3.63) is 18.0 Å². The van der Waals surface area contributed by atoms with Crippen LogP contribution in [0.4, 0.5) is 0 Å². The van der Waals surface area contributed by atoms with Crippen LogP contribution in [0.3, 0.4) is 0 Å². The third kappa shape index (κ3) is 4.32. The van der Waals surface area contributed by atoms with E-state index in [9.17, 15) is 4.79 Å². The molecular weight excluding hydrogens is 328 g/mol. The van der Waals surface area contributed by atoms with E-state index in [0.29, 0.717) is 12.5 Å². The van der Waals surface area contributed by atoms with E-state index < -0.39 is 0 Å². The number of nitrogens with one attached hydrogen (secondary N) is 2. The van der Waals surface area contributed by atoms with Gasteiger partial charge in [-0.1, -0.05) is 11.8 Å². The molecular formula is C14H22N8OS. The maximum atomic E-state index is 12.1. The number of rotatable bonds is 7. The molecule has 3 heterocycles. The largest absolute Gasteiger partial charge is 0.354 e. The summed E-state index contributed by atoms with van der Waals surface area (Å²) in [4.78, 5) is 12.1. The molecule has 0 radical (unpaired) electrons. The SMILES string of the molecule is Cn1nnnc1SCCNC(=O)Cn1nccc1C1CCCNC1. The van der Waals surface area contributed by atoms with Crippen LogP contribution in [-0.2, 0) is 18.4 Å². The number of aryl methyl sites for hydroxylation is 1. The molecule has 1 saturated heterocycles. The number of aromatic nitrogens is 6. The predicted octanol–water partition coefficient (Wildman–Crippen LogP) is -0.218. The Balaban J connectivity index is 1.43. The Kier molecular flexibility index (Phi) is 5.81. The van der Waals surface area contributed by atoms with Crippen LogP contribution in [0.15, 0.2) is 17.4 Å². The van der Waals surface area contributed by atoms with E-state index in [1.165, 1.54) is 11.8 Å². The van der Waals surface area contributed by atoms with Gasteiger partial charge in [-0.2, -0.15) is 5.10 Å². The Bertz CT molecular complexity index is 663. The predicted molar refractivity (Wildman–Crippen MR) is 89.6 cm³/mol. The Morgan fingerprint density at radius 2 is 2.46 bits per heavy atom. The zero-order chi connectivity index (χ0) is 16.8. The van der Waals surface area contributed by atoms with Gasteiger partial charge in [0.1, 0.15) is 6.54 Å². The molecule has 2 aromatic heterocycles. The minimum atomic E-state index is -0.0274. The average Bonchev–Trinajstić information content (AvgIpc) is 3.21. The first-order valence-corrected chi connectivity index (χ1v) is 9.07. The number of amides is 1. The van der Waals surface area contributed by atoms with Crippen LogP contribution in [0.2, 0.25) is 0 Å². The van der Waals surface area contributed by atoms with Crippen LogP contribution in [0, 0.1) is 0 Å². The van der Waals surface area contributed by atoms with E-state index in [-0.39, 0.29) is 12.5 Å². The average molecular weight is 350 g/mol.